The molecule has 4 nitrogen and oxygen atoms in total. The maximum atomic E-state index is 9.72. The second-order valence-corrected chi connectivity index (χ2v) is 14.1. The van der Waals surface area contributed by atoms with E-state index >= 15 is 0 Å². The summed E-state index contributed by atoms with van der Waals surface area (Å²) in [6.45, 7) is 26.2. The van der Waals surface area contributed by atoms with E-state index in [1.165, 1.54) is 22.3 Å². The van der Waals surface area contributed by atoms with Crippen LogP contribution >= 0.6 is 0 Å². The van der Waals surface area contributed by atoms with Crippen molar-refractivity contribution in [3.8, 4) is 17.4 Å². The van der Waals surface area contributed by atoms with Gasteiger partial charge in [-0.3, -0.25) is 0 Å². The molecule has 2 aromatic carbocycles. The van der Waals surface area contributed by atoms with Crippen molar-refractivity contribution in [2.75, 3.05) is 0 Å². The van der Waals surface area contributed by atoms with Crippen LogP contribution in [0, 0.1) is 0 Å². The third-order valence-electron chi connectivity index (χ3n) is 6.55. The van der Waals surface area contributed by atoms with Gasteiger partial charge in [-0.05, 0) is 68.7 Å². The lowest BCUT2D eigenvalue weighted by Crippen LogP contribution is -2.16. The van der Waals surface area contributed by atoms with Crippen LogP contribution < -0.4 is 0 Å². The summed E-state index contributed by atoms with van der Waals surface area (Å²) in [6, 6.07) is 14.0. The lowest BCUT2D eigenvalue weighted by atomic mass is 9.80. The lowest BCUT2D eigenvalue weighted by Gasteiger charge is -2.25. The van der Waals surface area contributed by atoms with Gasteiger partial charge in [0.05, 0.1) is 6.26 Å². The third kappa shape index (κ3) is 6.85. The Morgan fingerprint density at radius 3 is 1.59 bits per heavy atom. The summed E-state index contributed by atoms with van der Waals surface area (Å²) >= 11 is 0. The Balaban J connectivity index is 0.000000222. The maximum absolute atomic E-state index is 9.72. The summed E-state index contributed by atoms with van der Waals surface area (Å²) in [7, 11) is 0. The highest BCUT2D eigenvalue weighted by molar-refractivity contribution is 5.81. The van der Waals surface area contributed by atoms with Crippen LogP contribution in [-0.4, -0.2) is 10.1 Å². The summed E-state index contributed by atoms with van der Waals surface area (Å²) in [5.74, 6) is 1.57. The molecular weight excluding hydrogens is 458 g/mol. The summed E-state index contributed by atoms with van der Waals surface area (Å²) in [5, 5.41) is 9.72. The number of hydrogen-bond acceptors (Lipinski definition) is 4. The molecule has 0 bridgehead atoms. The van der Waals surface area contributed by atoms with Gasteiger partial charge in [0, 0.05) is 5.56 Å². The fourth-order valence-electron chi connectivity index (χ4n) is 4.01. The molecule has 0 saturated heterocycles. The zero-order valence-electron chi connectivity index (χ0n) is 24.8. The second-order valence-electron chi connectivity index (χ2n) is 14.1. The number of aromatic nitrogens is 1. The average molecular weight is 504 g/mol. The Morgan fingerprint density at radius 2 is 1.16 bits per heavy atom. The van der Waals surface area contributed by atoms with Crippen molar-refractivity contribution in [3.05, 3.63) is 71.0 Å². The van der Waals surface area contributed by atoms with E-state index in [4.69, 9.17) is 8.83 Å². The van der Waals surface area contributed by atoms with Gasteiger partial charge in [-0.2, -0.15) is 0 Å². The van der Waals surface area contributed by atoms with Crippen molar-refractivity contribution < 1.29 is 13.9 Å². The summed E-state index contributed by atoms with van der Waals surface area (Å²) in [6.07, 6.45) is 1.63. The van der Waals surface area contributed by atoms with Crippen molar-refractivity contribution in [2.45, 2.75) is 105 Å². The largest absolute Gasteiger partial charge is 0.508 e. The number of phenols is 1. The van der Waals surface area contributed by atoms with Crippen LogP contribution in [0.4, 0.5) is 0 Å². The molecule has 2 heterocycles. The summed E-state index contributed by atoms with van der Waals surface area (Å²) < 4.78 is 11.4. The molecule has 0 atom stereocenters. The lowest BCUT2D eigenvalue weighted by molar-refractivity contribution is 0.466. The number of aromatic hydroxyl groups is 1. The van der Waals surface area contributed by atoms with Crippen molar-refractivity contribution in [1.29, 1.82) is 0 Å². The number of oxazole rings is 1. The number of phenolic OH excluding ortho intramolecular Hbond substituents is 1. The Labute approximate surface area is 223 Å². The molecule has 1 N–H and O–H groups in total. The smallest absolute Gasteiger partial charge is 0.263 e. The quantitative estimate of drug-likeness (QED) is 0.281. The van der Waals surface area contributed by atoms with Crippen molar-refractivity contribution in [1.82, 2.24) is 4.98 Å². The highest BCUT2D eigenvalue weighted by atomic mass is 16.4. The summed E-state index contributed by atoms with van der Waals surface area (Å²) in [4.78, 5) is 4.64. The van der Waals surface area contributed by atoms with Gasteiger partial charge >= 0.3 is 0 Å². The van der Waals surface area contributed by atoms with Crippen LogP contribution in [0.25, 0.3) is 22.8 Å². The molecule has 4 aromatic rings. The predicted molar refractivity (Wildman–Crippen MR) is 155 cm³/mol. The van der Waals surface area contributed by atoms with Crippen molar-refractivity contribution >= 4 is 11.1 Å². The van der Waals surface area contributed by atoms with Gasteiger partial charge < -0.3 is 13.9 Å². The predicted octanol–water partition coefficient (Wildman–Crippen LogP) is 9.67. The van der Waals surface area contributed by atoms with Gasteiger partial charge in [-0.15, -0.1) is 0 Å². The fraction of sp³-hybridized carbons (Fsp3) is 0.485. The third-order valence-corrected chi connectivity index (χ3v) is 6.55. The summed E-state index contributed by atoms with van der Waals surface area (Å²) in [5.41, 5.74) is 6.79. The average Bonchev–Trinajstić information content (AvgIpc) is 3.40. The second kappa shape index (κ2) is 9.70. The normalized spacial score (nSPS) is 13.0. The molecule has 4 heteroatoms. The molecule has 0 aliphatic carbocycles. The SMILES string of the molecule is CC(C)(C)c1cc(C(C)(C)C)c2oc(-c3ccco3)nc2c1.CC(C)(C)c1cc(O)cc(C(C)(C)C)c1. The minimum atomic E-state index is -0.0144. The number of rotatable bonds is 1. The molecule has 4 rings (SSSR count). The number of benzene rings is 2. The molecule has 37 heavy (non-hydrogen) atoms. The first kappa shape index (κ1) is 28.6. The first-order chi connectivity index (χ1) is 16.8. The van der Waals surface area contributed by atoms with Gasteiger partial charge in [0.1, 0.15) is 11.3 Å². The van der Waals surface area contributed by atoms with E-state index < -0.39 is 0 Å². The molecule has 0 fully saturated rings. The standard InChI is InChI=1S/C19H23NO2.C14H22O/c1-18(2,3)12-10-13(19(4,5)6)16-14(11-12)20-17(22-16)15-8-7-9-21-15;1-13(2,3)10-7-11(14(4,5)6)9-12(15)8-10/h7-11H,1-6H3;7-9,15H,1-6H3. The molecule has 0 unspecified atom stereocenters. The maximum Gasteiger partial charge on any atom is 0.263 e. The highest BCUT2D eigenvalue weighted by Crippen LogP contribution is 2.37. The molecular formula is C33H45NO3. The molecule has 0 aliphatic rings. The van der Waals surface area contributed by atoms with Gasteiger partial charge in [0.25, 0.3) is 5.89 Å². The van der Waals surface area contributed by atoms with Crippen LogP contribution in [0.15, 0.2) is 57.6 Å². The van der Waals surface area contributed by atoms with Gasteiger partial charge in [0.15, 0.2) is 11.3 Å². The molecule has 0 radical (unpaired) electrons. The van der Waals surface area contributed by atoms with E-state index in [1.807, 2.05) is 24.3 Å². The van der Waals surface area contributed by atoms with Gasteiger partial charge in [0.2, 0.25) is 0 Å². The Kier molecular flexibility index (Phi) is 7.49. The number of hydrogen-bond donors (Lipinski definition) is 1. The molecule has 0 aliphatic heterocycles. The van der Waals surface area contributed by atoms with E-state index in [-0.39, 0.29) is 21.7 Å². The van der Waals surface area contributed by atoms with Crippen LogP contribution in [0.3, 0.4) is 0 Å². The zero-order valence-corrected chi connectivity index (χ0v) is 24.8. The first-order valence-corrected chi connectivity index (χ1v) is 13.1. The highest BCUT2D eigenvalue weighted by Gasteiger charge is 2.26. The zero-order chi connectivity index (χ0) is 28.0. The van der Waals surface area contributed by atoms with Crippen molar-refractivity contribution in [2.24, 2.45) is 0 Å². The molecule has 0 amide bonds. The minimum absolute atomic E-state index is 0.0144. The van der Waals surface area contributed by atoms with Gasteiger partial charge in [-0.1, -0.05) is 95.2 Å². The van der Waals surface area contributed by atoms with E-state index in [0.29, 0.717) is 17.4 Å². The topological polar surface area (TPSA) is 59.4 Å². The van der Waals surface area contributed by atoms with Crippen LogP contribution in [-0.2, 0) is 21.7 Å². The van der Waals surface area contributed by atoms with E-state index in [2.05, 4.69) is 106 Å². The van der Waals surface area contributed by atoms with E-state index in [9.17, 15) is 5.11 Å². The van der Waals surface area contributed by atoms with E-state index in [0.717, 1.165) is 11.1 Å². The Morgan fingerprint density at radius 1 is 0.649 bits per heavy atom. The minimum Gasteiger partial charge on any atom is -0.508 e. The fourth-order valence-corrected chi connectivity index (χ4v) is 4.01. The number of furan rings is 1. The monoisotopic (exact) mass is 503 g/mol. The van der Waals surface area contributed by atoms with Crippen LogP contribution in [0.5, 0.6) is 5.75 Å². The van der Waals surface area contributed by atoms with Crippen LogP contribution in [0.1, 0.15) is 105 Å². The molecule has 2 aromatic heterocycles. The van der Waals surface area contributed by atoms with Crippen molar-refractivity contribution in [3.63, 3.8) is 0 Å². The number of fused-ring (bicyclic) bond motifs is 1. The Hall–Kier alpha value is -3.01. The van der Waals surface area contributed by atoms with E-state index in [1.54, 1.807) is 6.26 Å². The molecule has 200 valence electrons. The van der Waals surface area contributed by atoms with Crippen LogP contribution in [0.2, 0.25) is 0 Å². The number of nitrogens with zero attached hydrogens (tertiary/aromatic N) is 1. The Bertz CT molecular complexity index is 1310. The van der Waals surface area contributed by atoms with Gasteiger partial charge in [-0.25, -0.2) is 4.98 Å². The first-order valence-electron chi connectivity index (χ1n) is 13.1. The molecule has 0 spiro atoms. The molecule has 0 saturated carbocycles.